The van der Waals surface area contributed by atoms with Gasteiger partial charge in [-0.2, -0.15) is 0 Å². The zero-order chi connectivity index (χ0) is 32.8. The van der Waals surface area contributed by atoms with Crippen molar-refractivity contribution in [2.75, 3.05) is 26.3 Å². The second kappa shape index (κ2) is 12.7. The Morgan fingerprint density at radius 1 is 0.938 bits per heavy atom. The van der Waals surface area contributed by atoms with Crippen LogP contribution in [0, 0.1) is 5.82 Å². The molecular formula is C38H37FN4O5. The number of rotatable bonds is 7. The van der Waals surface area contributed by atoms with Crippen LogP contribution in [0.3, 0.4) is 0 Å². The molecule has 1 aromatic heterocycles. The number of carbonyl (C=O) groups excluding carboxylic acids is 3. The Hall–Kier alpha value is -4.67. The lowest BCUT2D eigenvalue weighted by Crippen LogP contribution is -2.52. The fraction of sp³-hybridized carbons (Fsp3) is 0.368. The summed E-state index contributed by atoms with van der Waals surface area (Å²) in [5, 5.41) is 3.15. The smallest absolute Gasteiger partial charge is 0.255 e. The SMILES string of the molecule is O=C1CC[C@H](N2Cc3cc(O[C@H]4CN(Cc5cc(F)c6nc(C7CCOCC7)ccc6c5)C[C@@H]4c4ccccc4)ccc3C2=O)C(=O)N1. The third-order valence-electron chi connectivity index (χ3n) is 10.2. The van der Waals surface area contributed by atoms with E-state index in [9.17, 15) is 14.4 Å². The van der Waals surface area contributed by atoms with Crippen LogP contribution in [0.2, 0.25) is 0 Å². The molecule has 3 saturated heterocycles. The molecule has 0 bridgehead atoms. The second-order valence-electron chi connectivity index (χ2n) is 13.4. The van der Waals surface area contributed by atoms with Gasteiger partial charge in [0, 0.05) is 74.3 Å². The molecular weight excluding hydrogens is 611 g/mol. The van der Waals surface area contributed by atoms with Crippen LogP contribution in [0.4, 0.5) is 4.39 Å². The molecule has 246 valence electrons. The lowest BCUT2D eigenvalue weighted by atomic mass is 9.95. The van der Waals surface area contributed by atoms with Gasteiger partial charge in [-0.1, -0.05) is 36.4 Å². The molecule has 8 rings (SSSR count). The Morgan fingerprint density at radius 2 is 1.77 bits per heavy atom. The number of ether oxygens (including phenoxy) is 2. The molecule has 0 aliphatic carbocycles. The molecule has 0 spiro atoms. The molecule has 3 fully saturated rings. The van der Waals surface area contributed by atoms with Crippen LogP contribution in [0.5, 0.6) is 5.75 Å². The monoisotopic (exact) mass is 648 g/mol. The summed E-state index contributed by atoms with van der Waals surface area (Å²) in [6, 6.07) is 22.8. The van der Waals surface area contributed by atoms with Crippen molar-refractivity contribution in [3.63, 3.8) is 0 Å². The highest BCUT2D eigenvalue weighted by molar-refractivity contribution is 6.05. The topological polar surface area (TPSA) is 101 Å². The van der Waals surface area contributed by atoms with Gasteiger partial charge >= 0.3 is 0 Å². The number of piperidine rings is 1. The minimum Gasteiger partial charge on any atom is -0.488 e. The first-order chi connectivity index (χ1) is 23.4. The molecule has 4 aromatic rings. The number of fused-ring (bicyclic) bond motifs is 2. The minimum absolute atomic E-state index is 0.0788. The molecule has 10 heteroatoms. The average Bonchev–Trinajstić information content (AvgIpc) is 3.64. The summed E-state index contributed by atoms with van der Waals surface area (Å²) in [6.07, 6.45) is 2.17. The predicted molar refractivity (Wildman–Crippen MR) is 176 cm³/mol. The van der Waals surface area contributed by atoms with E-state index in [1.54, 1.807) is 17.0 Å². The molecule has 3 amide bonds. The van der Waals surface area contributed by atoms with E-state index in [1.165, 1.54) is 5.56 Å². The number of nitrogens with zero attached hydrogens (tertiary/aromatic N) is 3. The Morgan fingerprint density at radius 3 is 2.58 bits per heavy atom. The third-order valence-corrected chi connectivity index (χ3v) is 10.2. The molecule has 4 aliphatic heterocycles. The first-order valence-electron chi connectivity index (χ1n) is 16.8. The molecule has 0 radical (unpaired) electrons. The molecule has 3 atom stereocenters. The summed E-state index contributed by atoms with van der Waals surface area (Å²) < 4.78 is 27.7. The van der Waals surface area contributed by atoms with Gasteiger partial charge in [-0.25, -0.2) is 9.37 Å². The summed E-state index contributed by atoms with van der Waals surface area (Å²) in [6.45, 7) is 3.66. The molecule has 4 aliphatic rings. The average molecular weight is 649 g/mol. The Labute approximate surface area is 278 Å². The molecule has 3 aromatic carbocycles. The largest absolute Gasteiger partial charge is 0.488 e. The first kappa shape index (κ1) is 30.7. The van der Waals surface area contributed by atoms with Crippen molar-refractivity contribution < 1.29 is 28.2 Å². The summed E-state index contributed by atoms with van der Waals surface area (Å²) >= 11 is 0. The first-order valence-corrected chi connectivity index (χ1v) is 16.8. The zero-order valence-electron chi connectivity index (χ0n) is 26.6. The van der Waals surface area contributed by atoms with Crippen LogP contribution < -0.4 is 10.1 Å². The highest BCUT2D eigenvalue weighted by Crippen LogP contribution is 2.35. The van der Waals surface area contributed by atoms with Crippen LogP contribution in [-0.4, -0.2) is 71.0 Å². The quantitative estimate of drug-likeness (QED) is 0.279. The third kappa shape index (κ3) is 5.95. The van der Waals surface area contributed by atoms with Gasteiger partial charge in [0.1, 0.15) is 29.2 Å². The van der Waals surface area contributed by atoms with Crippen LogP contribution in [0.1, 0.15) is 70.3 Å². The van der Waals surface area contributed by atoms with Gasteiger partial charge in [0.05, 0.1) is 0 Å². The summed E-state index contributed by atoms with van der Waals surface area (Å²) in [4.78, 5) is 45.9. The number of nitrogens with one attached hydrogen (secondary N) is 1. The molecule has 0 unspecified atom stereocenters. The van der Waals surface area contributed by atoms with Crippen LogP contribution in [-0.2, 0) is 27.4 Å². The van der Waals surface area contributed by atoms with Crippen LogP contribution >= 0.6 is 0 Å². The lowest BCUT2D eigenvalue weighted by molar-refractivity contribution is -0.136. The van der Waals surface area contributed by atoms with Gasteiger partial charge in [0.15, 0.2) is 0 Å². The summed E-state index contributed by atoms with van der Waals surface area (Å²) in [5.41, 5.74) is 4.75. The number of carbonyl (C=O) groups is 3. The van der Waals surface area contributed by atoms with E-state index in [4.69, 9.17) is 14.5 Å². The lowest BCUT2D eigenvalue weighted by Gasteiger charge is -2.29. The maximum atomic E-state index is 15.5. The van der Waals surface area contributed by atoms with Crippen molar-refractivity contribution in [2.45, 2.75) is 62.8 Å². The van der Waals surface area contributed by atoms with E-state index < -0.39 is 11.9 Å². The molecule has 5 heterocycles. The molecule has 1 N–H and O–H groups in total. The van der Waals surface area contributed by atoms with Gasteiger partial charge in [-0.3, -0.25) is 24.6 Å². The van der Waals surface area contributed by atoms with Gasteiger partial charge in [-0.15, -0.1) is 0 Å². The predicted octanol–water partition coefficient (Wildman–Crippen LogP) is 5.08. The number of imide groups is 1. The number of hydrogen-bond donors (Lipinski definition) is 1. The van der Waals surface area contributed by atoms with E-state index in [1.807, 2.05) is 48.5 Å². The number of pyridine rings is 1. The maximum Gasteiger partial charge on any atom is 0.255 e. The van der Waals surface area contributed by atoms with E-state index in [0.29, 0.717) is 55.5 Å². The van der Waals surface area contributed by atoms with Crippen molar-refractivity contribution in [3.05, 3.63) is 107 Å². The fourth-order valence-electron chi connectivity index (χ4n) is 7.76. The van der Waals surface area contributed by atoms with Gasteiger partial charge in [0.2, 0.25) is 11.8 Å². The minimum atomic E-state index is -0.664. The van der Waals surface area contributed by atoms with Crippen molar-refractivity contribution in [3.8, 4) is 5.75 Å². The number of aromatic nitrogens is 1. The number of halogens is 1. The fourth-order valence-corrected chi connectivity index (χ4v) is 7.76. The van der Waals surface area contributed by atoms with E-state index in [-0.39, 0.29) is 42.6 Å². The van der Waals surface area contributed by atoms with Gasteiger partial charge in [-0.05, 0) is 72.4 Å². The van der Waals surface area contributed by atoms with Crippen LogP contribution in [0.25, 0.3) is 10.9 Å². The standard InChI is InChI=1S/C38H37FN4O5/c39-31-17-23(16-26-6-9-32(40-36(26)31)25-12-14-47-15-13-25)19-42-21-30(24-4-2-1-3-5-24)34(22-42)48-28-7-8-29-27(18-28)20-43(38(29)46)33-10-11-35(44)41-37(33)45/h1-9,16-18,25,30,33-34H,10-15,19-22H2,(H,41,44,45)/t30-,33+,34+/m1/s1. The summed E-state index contributed by atoms with van der Waals surface area (Å²) in [5.74, 6) is -0.216. The maximum absolute atomic E-state index is 15.5. The van der Waals surface area contributed by atoms with Crippen molar-refractivity contribution >= 4 is 28.6 Å². The van der Waals surface area contributed by atoms with E-state index in [2.05, 4.69) is 22.3 Å². The van der Waals surface area contributed by atoms with Gasteiger partial charge in [0.25, 0.3) is 5.91 Å². The second-order valence-corrected chi connectivity index (χ2v) is 13.4. The molecule has 0 saturated carbocycles. The number of amides is 3. The molecule has 48 heavy (non-hydrogen) atoms. The number of likely N-dealkylation sites (tertiary alicyclic amines) is 1. The van der Waals surface area contributed by atoms with Crippen molar-refractivity contribution in [2.24, 2.45) is 0 Å². The van der Waals surface area contributed by atoms with Crippen LogP contribution in [0.15, 0.2) is 72.8 Å². The Balaban J connectivity index is 0.998. The number of benzene rings is 3. The zero-order valence-corrected chi connectivity index (χ0v) is 26.6. The Kier molecular flexibility index (Phi) is 8.14. The van der Waals surface area contributed by atoms with Crippen molar-refractivity contribution in [1.82, 2.24) is 20.1 Å². The summed E-state index contributed by atoms with van der Waals surface area (Å²) in [7, 11) is 0. The normalized spacial score (nSPS) is 23.5. The number of hydrogen-bond acceptors (Lipinski definition) is 7. The highest BCUT2D eigenvalue weighted by atomic mass is 19.1. The molecule has 9 nitrogen and oxygen atoms in total. The van der Waals surface area contributed by atoms with Crippen molar-refractivity contribution in [1.29, 1.82) is 0 Å². The Bertz CT molecular complexity index is 1900. The van der Waals surface area contributed by atoms with Gasteiger partial charge < -0.3 is 14.4 Å². The highest BCUT2D eigenvalue weighted by Gasteiger charge is 2.40. The van der Waals surface area contributed by atoms with E-state index >= 15 is 4.39 Å². The van der Waals surface area contributed by atoms with E-state index in [0.717, 1.165) is 41.6 Å².